The van der Waals surface area contributed by atoms with Gasteiger partial charge in [0.05, 0.1) is 6.20 Å². The molecule has 0 aromatic carbocycles. The summed E-state index contributed by atoms with van der Waals surface area (Å²) in [5, 5.41) is 3.43. The van der Waals surface area contributed by atoms with Gasteiger partial charge in [-0.1, -0.05) is 6.92 Å². The number of pyridine rings is 2. The molecule has 2 aromatic heterocycles. The molecule has 2 rings (SSSR count). The highest BCUT2D eigenvalue weighted by Crippen LogP contribution is 2.18. The molecule has 0 radical (unpaired) electrons. The summed E-state index contributed by atoms with van der Waals surface area (Å²) in [4.78, 5) is 7.94. The third-order valence-electron chi connectivity index (χ3n) is 2.96. The highest BCUT2D eigenvalue weighted by Gasteiger charge is 2.12. The third kappa shape index (κ3) is 4.10. The fraction of sp³-hybridized carbons (Fsp3) is 0.333. The predicted octanol–water partition coefficient (Wildman–Crippen LogP) is 2.90. The molecular formula is C15H18FN3. The van der Waals surface area contributed by atoms with Crippen molar-refractivity contribution in [3.63, 3.8) is 0 Å². The maximum Gasteiger partial charge on any atom is 0.141 e. The average Bonchev–Trinajstić information content (AvgIpc) is 2.44. The van der Waals surface area contributed by atoms with Crippen LogP contribution in [0.25, 0.3) is 0 Å². The molecule has 0 saturated carbocycles. The van der Waals surface area contributed by atoms with E-state index in [0.717, 1.165) is 24.9 Å². The smallest absolute Gasteiger partial charge is 0.141 e. The van der Waals surface area contributed by atoms with Gasteiger partial charge in [-0.15, -0.1) is 0 Å². The number of nitrogens with zero attached hydrogens (tertiary/aromatic N) is 2. The van der Waals surface area contributed by atoms with Crippen molar-refractivity contribution in [1.82, 2.24) is 15.3 Å². The summed E-state index contributed by atoms with van der Waals surface area (Å²) in [6, 6.07) is 5.58. The molecule has 0 spiro atoms. The minimum absolute atomic E-state index is 0.0746. The Morgan fingerprint density at radius 2 is 2.00 bits per heavy atom. The van der Waals surface area contributed by atoms with Gasteiger partial charge in [-0.25, -0.2) is 4.39 Å². The van der Waals surface area contributed by atoms with Gasteiger partial charge in [0, 0.05) is 24.6 Å². The predicted molar refractivity (Wildman–Crippen MR) is 73.2 cm³/mol. The Balaban J connectivity index is 2.16. The molecule has 0 amide bonds. The Morgan fingerprint density at radius 3 is 2.68 bits per heavy atom. The van der Waals surface area contributed by atoms with E-state index >= 15 is 0 Å². The van der Waals surface area contributed by atoms with Crippen LogP contribution in [0.5, 0.6) is 0 Å². The van der Waals surface area contributed by atoms with Crippen LogP contribution in [0.3, 0.4) is 0 Å². The van der Waals surface area contributed by atoms with E-state index in [4.69, 9.17) is 0 Å². The summed E-state index contributed by atoms with van der Waals surface area (Å²) in [6.45, 7) is 3.01. The molecule has 0 aliphatic carbocycles. The van der Waals surface area contributed by atoms with Crippen molar-refractivity contribution in [2.24, 2.45) is 0 Å². The first-order valence-electron chi connectivity index (χ1n) is 6.52. The molecule has 1 N–H and O–H groups in total. The Labute approximate surface area is 112 Å². The minimum Gasteiger partial charge on any atom is -0.310 e. The van der Waals surface area contributed by atoms with Crippen LogP contribution in [-0.2, 0) is 6.42 Å². The summed E-state index contributed by atoms with van der Waals surface area (Å²) in [6.07, 6.45) is 8.33. The summed E-state index contributed by atoms with van der Waals surface area (Å²) in [5.41, 5.74) is 2.05. The zero-order valence-electron chi connectivity index (χ0n) is 11.0. The second-order valence-corrected chi connectivity index (χ2v) is 4.50. The van der Waals surface area contributed by atoms with E-state index in [9.17, 15) is 4.39 Å². The lowest BCUT2D eigenvalue weighted by Gasteiger charge is -2.18. The van der Waals surface area contributed by atoms with E-state index in [0.29, 0.717) is 0 Å². The fourth-order valence-corrected chi connectivity index (χ4v) is 2.00. The molecule has 19 heavy (non-hydrogen) atoms. The van der Waals surface area contributed by atoms with Crippen LogP contribution < -0.4 is 5.32 Å². The summed E-state index contributed by atoms with van der Waals surface area (Å²) < 4.78 is 13.3. The molecule has 3 nitrogen and oxygen atoms in total. The highest BCUT2D eigenvalue weighted by molar-refractivity contribution is 5.20. The molecule has 4 heteroatoms. The van der Waals surface area contributed by atoms with Gasteiger partial charge in [0.2, 0.25) is 0 Å². The van der Waals surface area contributed by atoms with Crippen molar-refractivity contribution in [1.29, 1.82) is 0 Å². The van der Waals surface area contributed by atoms with Crippen molar-refractivity contribution in [3.8, 4) is 0 Å². The second kappa shape index (κ2) is 6.95. The van der Waals surface area contributed by atoms with Gasteiger partial charge in [0.1, 0.15) is 5.82 Å². The maximum atomic E-state index is 13.3. The summed E-state index contributed by atoms with van der Waals surface area (Å²) >= 11 is 0. The zero-order chi connectivity index (χ0) is 13.5. The second-order valence-electron chi connectivity index (χ2n) is 4.50. The molecule has 0 saturated heterocycles. The Morgan fingerprint density at radius 1 is 1.21 bits per heavy atom. The van der Waals surface area contributed by atoms with Crippen molar-refractivity contribution >= 4 is 0 Å². The monoisotopic (exact) mass is 259 g/mol. The number of hydrogen-bond donors (Lipinski definition) is 1. The van der Waals surface area contributed by atoms with Gasteiger partial charge >= 0.3 is 0 Å². The lowest BCUT2D eigenvalue weighted by atomic mass is 10.0. The molecular weight excluding hydrogens is 241 g/mol. The van der Waals surface area contributed by atoms with Gasteiger partial charge in [-0.05, 0) is 48.7 Å². The number of hydrogen-bond acceptors (Lipinski definition) is 3. The fourth-order valence-electron chi connectivity index (χ4n) is 2.00. The molecule has 1 atom stereocenters. The van der Waals surface area contributed by atoms with E-state index in [-0.39, 0.29) is 11.9 Å². The van der Waals surface area contributed by atoms with Crippen LogP contribution in [-0.4, -0.2) is 16.5 Å². The van der Waals surface area contributed by atoms with Crippen molar-refractivity contribution in [3.05, 3.63) is 59.9 Å². The first-order chi connectivity index (χ1) is 9.29. The van der Waals surface area contributed by atoms with Crippen LogP contribution in [0.4, 0.5) is 4.39 Å². The topological polar surface area (TPSA) is 37.8 Å². The first-order valence-corrected chi connectivity index (χ1v) is 6.52. The molecule has 0 fully saturated rings. The highest BCUT2D eigenvalue weighted by atomic mass is 19.1. The van der Waals surface area contributed by atoms with Crippen LogP contribution in [0.15, 0.2) is 43.0 Å². The van der Waals surface area contributed by atoms with E-state index < -0.39 is 0 Å². The lowest BCUT2D eigenvalue weighted by molar-refractivity contribution is 0.521. The molecule has 0 bridgehead atoms. The van der Waals surface area contributed by atoms with Crippen LogP contribution in [0.1, 0.15) is 30.5 Å². The quantitative estimate of drug-likeness (QED) is 0.866. The van der Waals surface area contributed by atoms with Gasteiger partial charge in [0.25, 0.3) is 0 Å². The van der Waals surface area contributed by atoms with Crippen molar-refractivity contribution in [2.75, 3.05) is 6.54 Å². The van der Waals surface area contributed by atoms with E-state index in [2.05, 4.69) is 22.2 Å². The van der Waals surface area contributed by atoms with Crippen molar-refractivity contribution in [2.45, 2.75) is 25.8 Å². The van der Waals surface area contributed by atoms with Gasteiger partial charge in [-0.3, -0.25) is 9.97 Å². The zero-order valence-corrected chi connectivity index (χ0v) is 11.0. The number of halogens is 1. The average molecular weight is 259 g/mol. The Hall–Kier alpha value is -1.81. The van der Waals surface area contributed by atoms with Gasteiger partial charge < -0.3 is 5.32 Å². The normalized spacial score (nSPS) is 12.3. The Kier molecular flexibility index (Phi) is 4.98. The molecule has 100 valence electrons. The third-order valence-corrected chi connectivity index (χ3v) is 2.96. The Bertz CT molecular complexity index is 502. The summed E-state index contributed by atoms with van der Waals surface area (Å²) in [7, 11) is 0. The van der Waals surface area contributed by atoms with E-state index in [1.807, 2.05) is 12.1 Å². The number of nitrogens with one attached hydrogen (secondary N) is 1. The van der Waals surface area contributed by atoms with Crippen LogP contribution in [0, 0.1) is 5.82 Å². The van der Waals surface area contributed by atoms with E-state index in [1.165, 1.54) is 11.8 Å². The first kappa shape index (κ1) is 13.6. The molecule has 0 aliphatic heterocycles. The number of aromatic nitrogens is 2. The standard InChI is InChI=1S/C15H18FN3/c1-2-5-19-15(8-12-3-6-17-7-4-12)13-9-14(16)11-18-10-13/h3-4,6-7,9-11,15,19H,2,5,8H2,1H3. The molecule has 2 heterocycles. The SMILES string of the molecule is CCCNC(Cc1ccncc1)c1cncc(F)c1. The van der Waals surface area contributed by atoms with Crippen molar-refractivity contribution < 1.29 is 4.39 Å². The summed E-state index contributed by atoms with van der Waals surface area (Å²) in [5.74, 6) is -0.296. The van der Waals surface area contributed by atoms with Gasteiger partial charge in [0.15, 0.2) is 0 Å². The van der Waals surface area contributed by atoms with Crippen LogP contribution in [0.2, 0.25) is 0 Å². The van der Waals surface area contributed by atoms with Crippen LogP contribution >= 0.6 is 0 Å². The maximum absolute atomic E-state index is 13.3. The lowest BCUT2D eigenvalue weighted by Crippen LogP contribution is -2.24. The molecule has 0 aliphatic rings. The van der Waals surface area contributed by atoms with Gasteiger partial charge in [-0.2, -0.15) is 0 Å². The number of rotatable bonds is 6. The molecule has 1 unspecified atom stereocenters. The minimum atomic E-state index is -0.296. The molecule has 2 aromatic rings. The largest absolute Gasteiger partial charge is 0.310 e. The van der Waals surface area contributed by atoms with E-state index in [1.54, 1.807) is 24.7 Å².